The first-order valence-electron chi connectivity index (χ1n) is 18.7. The van der Waals surface area contributed by atoms with Crippen molar-refractivity contribution in [3.63, 3.8) is 0 Å². The molecule has 63 heavy (non-hydrogen) atoms. The van der Waals surface area contributed by atoms with Gasteiger partial charge < -0.3 is 28.4 Å². The third-order valence-corrected chi connectivity index (χ3v) is 9.13. The van der Waals surface area contributed by atoms with Gasteiger partial charge in [-0.05, 0) is 74.1 Å². The van der Waals surface area contributed by atoms with Gasteiger partial charge in [-0.25, -0.2) is 9.59 Å². The van der Waals surface area contributed by atoms with E-state index in [0.717, 1.165) is 17.7 Å². The first-order chi connectivity index (χ1) is 29.7. The number of carbonyl (C=O) groups is 4. The summed E-state index contributed by atoms with van der Waals surface area (Å²) in [7, 11) is 0. The molecule has 0 atom stereocenters. The summed E-state index contributed by atoms with van der Waals surface area (Å²) >= 11 is 0. The summed E-state index contributed by atoms with van der Waals surface area (Å²) in [4.78, 5) is 47.9. The van der Waals surface area contributed by atoms with Gasteiger partial charge in [0.25, 0.3) is 0 Å². The number of unbranched alkanes of at least 4 members (excludes halogenated alkanes) is 1. The predicted molar refractivity (Wildman–Crippen MR) is 199 cm³/mol. The van der Waals surface area contributed by atoms with E-state index in [2.05, 4.69) is 34.5 Å². The third-order valence-electron chi connectivity index (χ3n) is 9.13. The van der Waals surface area contributed by atoms with Gasteiger partial charge in [0.1, 0.15) is 17.1 Å². The zero-order valence-electron chi connectivity index (χ0n) is 32.8. The zero-order chi connectivity index (χ0) is 46.5. The van der Waals surface area contributed by atoms with E-state index in [4.69, 9.17) is 18.9 Å². The Morgan fingerprint density at radius 1 is 0.651 bits per heavy atom. The van der Waals surface area contributed by atoms with Crippen molar-refractivity contribution in [2.75, 3.05) is 19.8 Å². The van der Waals surface area contributed by atoms with Crippen LogP contribution >= 0.6 is 0 Å². The molecule has 338 valence electrons. The van der Waals surface area contributed by atoms with Crippen LogP contribution in [0.5, 0.6) is 23.0 Å². The van der Waals surface area contributed by atoms with Crippen LogP contribution in [-0.4, -0.2) is 43.7 Å². The Bertz CT molecular complexity index is 2220. The molecule has 0 amide bonds. The Kier molecular flexibility index (Phi) is 16.8. The summed E-state index contributed by atoms with van der Waals surface area (Å²) < 4.78 is 176. The van der Waals surface area contributed by atoms with Crippen LogP contribution in [0.1, 0.15) is 60.8 Å². The highest BCUT2D eigenvalue weighted by Gasteiger charge is 2.53. The molecule has 0 bridgehead atoms. The highest BCUT2D eigenvalue weighted by molar-refractivity contribution is 5.81. The molecular formula is C43H36F10O10. The second kappa shape index (κ2) is 21.5. The monoisotopic (exact) mass is 902 g/mol. The second-order valence-electron chi connectivity index (χ2n) is 13.4. The van der Waals surface area contributed by atoms with Gasteiger partial charge in [0.05, 0.1) is 36.2 Å². The van der Waals surface area contributed by atoms with E-state index >= 15 is 8.78 Å². The first-order valence-corrected chi connectivity index (χ1v) is 18.7. The smallest absolute Gasteiger partial charge is 0.427 e. The summed E-state index contributed by atoms with van der Waals surface area (Å²) in [5, 5.41) is 0. The Hall–Kier alpha value is -6.52. The van der Waals surface area contributed by atoms with Crippen LogP contribution in [0, 0.1) is 35.3 Å². The Balaban J connectivity index is 1.43. The lowest BCUT2D eigenvalue weighted by Gasteiger charge is -2.28. The van der Waals surface area contributed by atoms with Crippen molar-refractivity contribution in [1.82, 2.24) is 0 Å². The van der Waals surface area contributed by atoms with E-state index in [1.54, 1.807) is 12.1 Å². The lowest BCUT2D eigenvalue weighted by Crippen LogP contribution is -2.32. The molecule has 10 nitrogen and oxygen atoms in total. The number of benzene rings is 3. The van der Waals surface area contributed by atoms with E-state index in [9.17, 15) is 54.3 Å². The van der Waals surface area contributed by atoms with Crippen molar-refractivity contribution in [2.24, 2.45) is 11.8 Å². The summed E-state index contributed by atoms with van der Waals surface area (Å²) in [5.74, 6) is -8.61. The topological polar surface area (TPSA) is 124 Å². The van der Waals surface area contributed by atoms with E-state index in [1.165, 1.54) is 12.1 Å². The van der Waals surface area contributed by atoms with E-state index in [1.807, 2.05) is 0 Å². The molecule has 0 aliphatic heterocycles. The Morgan fingerprint density at radius 2 is 1.19 bits per heavy atom. The number of hydrogen-bond acceptors (Lipinski definition) is 10. The molecule has 0 aromatic heterocycles. The molecule has 1 saturated carbocycles. The van der Waals surface area contributed by atoms with Gasteiger partial charge in [-0.1, -0.05) is 37.1 Å². The van der Waals surface area contributed by atoms with Crippen LogP contribution in [0.25, 0.3) is 0 Å². The fourth-order valence-corrected chi connectivity index (χ4v) is 6.04. The van der Waals surface area contributed by atoms with Crippen molar-refractivity contribution < 1.29 is 91.5 Å². The van der Waals surface area contributed by atoms with Crippen LogP contribution in [0.15, 0.2) is 73.8 Å². The van der Waals surface area contributed by atoms with Gasteiger partial charge in [-0.15, -0.1) is 0 Å². The van der Waals surface area contributed by atoms with Crippen LogP contribution in [0.2, 0.25) is 0 Å². The highest BCUT2D eigenvalue weighted by atomic mass is 19.4. The number of hydrogen-bond donors (Lipinski definition) is 0. The minimum Gasteiger partial charge on any atom is -0.490 e. The quantitative estimate of drug-likeness (QED) is 0.0323. The normalized spacial score (nSPS) is 15.2. The summed E-state index contributed by atoms with van der Waals surface area (Å²) in [6.45, 7) is 6.01. The zero-order valence-corrected chi connectivity index (χ0v) is 32.8. The number of esters is 4. The molecule has 3 aromatic rings. The van der Waals surface area contributed by atoms with Gasteiger partial charge >= 0.3 is 42.3 Å². The summed E-state index contributed by atoms with van der Waals surface area (Å²) in [6.07, 6.45) is -15.6. The largest absolute Gasteiger partial charge is 0.490 e. The molecule has 20 heteroatoms. The number of rotatable bonds is 17. The van der Waals surface area contributed by atoms with E-state index in [-0.39, 0.29) is 76.2 Å². The van der Waals surface area contributed by atoms with Crippen molar-refractivity contribution in [2.45, 2.75) is 63.4 Å². The molecular weight excluding hydrogens is 866 g/mol. The van der Waals surface area contributed by atoms with Crippen molar-refractivity contribution >= 4 is 23.9 Å². The molecule has 3 aromatic carbocycles. The van der Waals surface area contributed by atoms with Crippen LogP contribution in [0.3, 0.4) is 0 Å². The number of alkyl halides is 8. The summed E-state index contributed by atoms with van der Waals surface area (Å²) in [5.41, 5.74) is -7.56. The fraction of sp³-hybridized carbons (Fsp3) is 0.349. The third kappa shape index (κ3) is 13.7. The van der Waals surface area contributed by atoms with Crippen molar-refractivity contribution in [3.8, 4) is 34.8 Å². The van der Waals surface area contributed by atoms with Gasteiger partial charge in [0.15, 0.2) is 18.1 Å². The lowest BCUT2D eigenvalue weighted by molar-refractivity contribution is -0.199. The summed E-state index contributed by atoms with van der Waals surface area (Å²) in [6, 6.07) is 7.02. The molecule has 0 radical (unpaired) electrons. The molecule has 0 saturated heterocycles. The first kappa shape index (κ1) is 49.1. The van der Waals surface area contributed by atoms with E-state index < -0.39 is 99.7 Å². The van der Waals surface area contributed by atoms with Gasteiger partial charge in [-0.2, -0.15) is 43.9 Å². The average Bonchev–Trinajstić information content (AvgIpc) is 3.23. The van der Waals surface area contributed by atoms with Crippen molar-refractivity contribution in [1.29, 1.82) is 0 Å². The highest BCUT2D eigenvalue weighted by Crippen LogP contribution is 2.50. The van der Waals surface area contributed by atoms with Crippen molar-refractivity contribution in [3.05, 3.63) is 108 Å². The molecule has 0 heterocycles. The maximum Gasteiger partial charge on any atom is 0.427 e. The molecule has 1 aliphatic carbocycles. The van der Waals surface area contributed by atoms with Crippen LogP contribution in [0.4, 0.5) is 43.9 Å². The van der Waals surface area contributed by atoms with Gasteiger partial charge in [-0.3, -0.25) is 9.59 Å². The molecule has 1 fully saturated rings. The van der Waals surface area contributed by atoms with Crippen LogP contribution < -0.4 is 18.9 Å². The second-order valence-corrected chi connectivity index (χ2v) is 13.4. The molecule has 4 rings (SSSR count). The Labute approximate surface area is 352 Å². The molecule has 0 unspecified atom stereocenters. The SMILES string of the molecule is C=CC(=O)OCC#CCCCOc1ccc(OC(F)(F)c2ccc(OC(=O)C3CCC(C(=O)Oc4ccc(CCOC(=O)C=C)cc4)CC3)c(C(F)(F)F)c2C(F)(F)F)c(F)c1F. The minimum atomic E-state index is -6.21. The standard InChI is InChI=1S/C43H36F10O10/c1-3-33(54)59-23-8-6-5-7-22-58-31-19-20-32(38(45)37(31)44)63-43(52,53)29-17-18-30(36(42(49,50)51)35(29)41(46,47)48)62-40(57)27-13-11-26(12-14-27)39(56)61-28-15-9-25(10-16-28)21-24-60-34(55)4-2/h3-4,9-10,15-20,26-27H,1-2,5,7,11-14,21-24H2. The maximum absolute atomic E-state index is 15.5. The number of ether oxygens (including phenoxy) is 6. The minimum absolute atomic E-state index is 0.0365. The van der Waals surface area contributed by atoms with Gasteiger partial charge in [0, 0.05) is 25.0 Å². The van der Waals surface area contributed by atoms with E-state index in [0.29, 0.717) is 18.6 Å². The average molecular weight is 903 g/mol. The number of halogens is 10. The lowest BCUT2D eigenvalue weighted by atomic mass is 9.82. The maximum atomic E-state index is 15.5. The van der Waals surface area contributed by atoms with Gasteiger partial charge in [0.2, 0.25) is 11.6 Å². The molecule has 0 spiro atoms. The molecule has 0 N–H and O–H groups in total. The Morgan fingerprint density at radius 3 is 1.78 bits per heavy atom. The fourth-order valence-electron chi connectivity index (χ4n) is 6.04. The number of carbonyl (C=O) groups excluding carboxylic acids is 4. The molecule has 1 aliphatic rings. The van der Waals surface area contributed by atoms with Crippen LogP contribution in [-0.2, 0) is 53.5 Å². The predicted octanol–water partition coefficient (Wildman–Crippen LogP) is 9.61.